The molecular weight excluding hydrogens is 438 g/mol. The van der Waals surface area contributed by atoms with E-state index >= 15 is 0 Å². The number of fused-ring (bicyclic) bond motifs is 1. The monoisotopic (exact) mass is 469 g/mol. The highest BCUT2D eigenvalue weighted by Crippen LogP contribution is 2.31. The van der Waals surface area contributed by atoms with Crippen LogP contribution < -0.4 is 11.1 Å². The standard InChI is InChI=1S/C23H31N7O4/c1-3-25-22(31)16-8-9-18(34-16)30-14-26-19-20(24)27-17(28-21(19)30)7-5-6-15-10-12-29(13-11-15)23(32)33-4-2/h14-16,18H,3-4,6,8-13H2,1-2H3,(H,25,31)(H2,24,27,28)/t16-,18+/m0/s1. The minimum absolute atomic E-state index is 0.108. The van der Waals surface area contributed by atoms with Crippen LogP contribution in [0.2, 0.25) is 0 Å². The Kier molecular flexibility index (Phi) is 7.47. The topological polar surface area (TPSA) is 137 Å². The number of carbonyl (C=O) groups is 2. The van der Waals surface area contributed by atoms with Crippen LogP contribution in [0.5, 0.6) is 0 Å². The van der Waals surface area contributed by atoms with Gasteiger partial charge in [0.1, 0.15) is 17.8 Å². The molecule has 0 bridgehead atoms. The number of carbonyl (C=O) groups excluding carboxylic acids is 2. The first-order chi connectivity index (χ1) is 16.5. The van der Waals surface area contributed by atoms with Crippen molar-refractivity contribution in [3.63, 3.8) is 0 Å². The molecule has 2 aliphatic rings. The Morgan fingerprint density at radius 3 is 2.76 bits per heavy atom. The van der Waals surface area contributed by atoms with Crippen LogP contribution in [0.25, 0.3) is 11.2 Å². The van der Waals surface area contributed by atoms with Crippen molar-refractivity contribution in [2.75, 3.05) is 32.0 Å². The number of piperidine rings is 1. The maximum Gasteiger partial charge on any atom is 0.409 e. The second-order valence-corrected chi connectivity index (χ2v) is 8.44. The van der Waals surface area contributed by atoms with E-state index < -0.39 is 6.10 Å². The maximum atomic E-state index is 12.1. The van der Waals surface area contributed by atoms with Gasteiger partial charge in [0.2, 0.25) is 11.7 Å². The number of amides is 2. The molecule has 2 aromatic heterocycles. The molecule has 4 rings (SSSR count). The SMILES string of the molecule is CCNC(=O)[C@@H]1CC[C@H](n2cnc3c(N)nc(C#CCC4CCN(C(=O)OCC)CC4)nc32)O1. The summed E-state index contributed by atoms with van der Waals surface area (Å²) in [5.41, 5.74) is 7.15. The van der Waals surface area contributed by atoms with Crippen LogP contribution in [0, 0.1) is 17.8 Å². The smallest absolute Gasteiger partial charge is 0.409 e. The zero-order chi connectivity index (χ0) is 24.1. The molecule has 0 aliphatic carbocycles. The fraction of sp³-hybridized carbons (Fsp3) is 0.609. The molecule has 2 amide bonds. The van der Waals surface area contributed by atoms with E-state index in [1.54, 1.807) is 15.8 Å². The minimum atomic E-state index is -0.490. The highest BCUT2D eigenvalue weighted by molar-refractivity contribution is 5.82. The number of hydrogen-bond acceptors (Lipinski definition) is 8. The van der Waals surface area contributed by atoms with Gasteiger partial charge in [-0.1, -0.05) is 5.92 Å². The Labute approximate surface area is 198 Å². The third-order valence-corrected chi connectivity index (χ3v) is 6.13. The van der Waals surface area contributed by atoms with Gasteiger partial charge in [0.05, 0.1) is 12.9 Å². The normalized spacial score (nSPS) is 20.7. The van der Waals surface area contributed by atoms with Crippen LogP contribution in [0.15, 0.2) is 6.33 Å². The molecule has 2 aliphatic heterocycles. The quantitative estimate of drug-likeness (QED) is 0.633. The fourth-order valence-electron chi connectivity index (χ4n) is 4.32. The van der Waals surface area contributed by atoms with Crippen LogP contribution in [0.1, 0.15) is 58.0 Å². The average Bonchev–Trinajstić information content (AvgIpc) is 3.47. The lowest BCUT2D eigenvalue weighted by Gasteiger charge is -2.30. The first kappa shape index (κ1) is 23.8. The average molecular weight is 470 g/mol. The van der Waals surface area contributed by atoms with Crippen LogP contribution in [-0.2, 0) is 14.3 Å². The molecule has 3 N–H and O–H groups in total. The molecule has 0 spiro atoms. The maximum absolute atomic E-state index is 12.1. The van der Waals surface area contributed by atoms with Crippen LogP contribution in [0.4, 0.5) is 10.6 Å². The van der Waals surface area contributed by atoms with Crippen LogP contribution in [-0.4, -0.2) is 68.8 Å². The highest BCUT2D eigenvalue weighted by atomic mass is 16.6. The lowest BCUT2D eigenvalue weighted by atomic mass is 9.94. The van der Waals surface area contributed by atoms with Gasteiger partial charge >= 0.3 is 6.09 Å². The Bertz CT molecular complexity index is 1100. The molecule has 0 unspecified atom stereocenters. The number of nitrogens with one attached hydrogen (secondary N) is 1. The van der Waals surface area contributed by atoms with Crippen molar-refractivity contribution in [2.24, 2.45) is 5.92 Å². The third kappa shape index (κ3) is 5.22. The summed E-state index contributed by atoms with van der Waals surface area (Å²) in [7, 11) is 0. The van der Waals surface area contributed by atoms with Crippen molar-refractivity contribution in [3.8, 4) is 11.8 Å². The highest BCUT2D eigenvalue weighted by Gasteiger charge is 2.32. The van der Waals surface area contributed by atoms with Crippen molar-refractivity contribution in [2.45, 2.75) is 58.3 Å². The zero-order valence-electron chi connectivity index (χ0n) is 19.6. The predicted octanol–water partition coefficient (Wildman–Crippen LogP) is 1.83. The Morgan fingerprint density at radius 1 is 1.24 bits per heavy atom. The van der Waals surface area contributed by atoms with E-state index in [4.69, 9.17) is 15.2 Å². The lowest BCUT2D eigenvalue weighted by molar-refractivity contribution is -0.133. The second-order valence-electron chi connectivity index (χ2n) is 8.44. The largest absolute Gasteiger partial charge is 0.450 e. The number of likely N-dealkylation sites (N-methyl/N-ethyl adjacent to an activating group) is 1. The number of imidazole rings is 1. The molecule has 0 aromatic carbocycles. The van der Waals surface area contributed by atoms with Crippen molar-refractivity contribution in [3.05, 3.63) is 12.2 Å². The van der Waals surface area contributed by atoms with E-state index in [-0.39, 0.29) is 24.0 Å². The van der Waals surface area contributed by atoms with E-state index in [0.29, 0.717) is 68.4 Å². The van der Waals surface area contributed by atoms with Gasteiger partial charge in [-0.25, -0.2) is 19.7 Å². The van der Waals surface area contributed by atoms with Crippen LogP contribution in [0.3, 0.4) is 0 Å². The second kappa shape index (κ2) is 10.7. The summed E-state index contributed by atoms with van der Waals surface area (Å²) in [6.07, 6.45) is 4.29. The molecule has 182 valence electrons. The van der Waals surface area contributed by atoms with Gasteiger partial charge < -0.3 is 25.4 Å². The van der Waals surface area contributed by atoms with E-state index in [2.05, 4.69) is 32.1 Å². The van der Waals surface area contributed by atoms with Crippen molar-refractivity contribution >= 4 is 29.0 Å². The molecule has 2 fully saturated rings. The Morgan fingerprint density at radius 2 is 2.03 bits per heavy atom. The predicted molar refractivity (Wildman–Crippen MR) is 124 cm³/mol. The van der Waals surface area contributed by atoms with Gasteiger partial charge in [0.15, 0.2) is 11.5 Å². The molecular formula is C23H31N7O4. The fourth-order valence-corrected chi connectivity index (χ4v) is 4.32. The number of hydrogen-bond donors (Lipinski definition) is 2. The van der Waals surface area contributed by atoms with E-state index in [1.165, 1.54) is 0 Å². The van der Waals surface area contributed by atoms with Gasteiger partial charge in [-0.2, -0.15) is 0 Å². The summed E-state index contributed by atoms with van der Waals surface area (Å²) >= 11 is 0. The first-order valence-corrected chi connectivity index (χ1v) is 11.8. The first-order valence-electron chi connectivity index (χ1n) is 11.8. The lowest BCUT2D eigenvalue weighted by Crippen LogP contribution is -2.38. The molecule has 11 heteroatoms. The van der Waals surface area contributed by atoms with Gasteiger partial charge in [0, 0.05) is 26.1 Å². The number of nitrogens with two attached hydrogens (primary N) is 1. The number of nitrogens with zero attached hydrogens (tertiary/aromatic N) is 5. The van der Waals surface area contributed by atoms with E-state index in [0.717, 1.165) is 12.8 Å². The molecule has 4 heterocycles. The molecule has 11 nitrogen and oxygen atoms in total. The molecule has 2 aromatic rings. The van der Waals surface area contributed by atoms with Crippen molar-refractivity contribution in [1.29, 1.82) is 0 Å². The summed E-state index contributed by atoms with van der Waals surface area (Å²) in [5, 5.41) is 2.79. The summed E-state index contributed by atoms with van der Waals surface area (Å²) < 4.78 is 12.8. The summed E-state index contributed by atoms with van der Waals surface area (Å²) in [4.78, 5) is 38.9. The molecule has 0 radical (unpaired) electrons. The summed E-state index contributed by atoms with van der Waals surface area (Å²) in [5.74, 6) is 7.08. The van der Waals surface area contributed by atoms with Crippen molar-refractivity contribution < 1.29 is 19.1 Å². The third-order valence-electron chi connectivity index (χ3n) is 6.13. The van der Waals surface area contributed by atoms with E-state index in [1.807, 2.05) is 13.8 Å². The molecule has 0 saturated carbocycles. The molecule has 2 saturated heterocycles. The number of nitrogen functional groups attached to an aromatic ring is 1. The van der Waals surface area contributed by atoms with E-state index in [9.17, 15) is 9.59 Å². The number of anilines is 1. The zero-order valence-corrected chi connectivity index (χ0v) is 19.6. The Hall–Kier alpha value is -3.39. The minimum Gasteiger partial charge on any atom is -0.450 e. The summed E-state index contributed by atoms with van der Waals surface area (Å²) in [6, 6.07) is 0. The Balaban J connectivity index is 1.41. The van der Waals surface area contributed by atoms with Gasteiger partial charge in [0.25, 0.3) is 0 Å². The molecule has 2 atom stereocenters. The van der Waals surface area contributed by atoms with Crippen LogP contribution >= 0.6 is 0 Å². The molecule has 34 heavy (non-hydrogen) atoms. The summed E-state index contributed by atoms with van der Waals surface area (Å²) in [6.45, 7) is 5.99. The number of likely N-dealkylation sites (tertiary alicyclic amines) is 1. The number of aromatic nitrogens is 4. The van der Waals surface area contributed by atoms with Gasteiger partial charge in [-0.05, 0) is 51.4 Å². The number of ether oxygens (including phenoxy) is 2. The van der Waals surface area contributed by atoms with Gasteiger partial charge in [-0.3, -0.25) is 9.36 Å². The van der Waals surface area contributed by atoms with Crippen molar-refractivity contribution in [1.82, 2.24) is 29.7 Å². The van der Waals surface area contributed by atoms with Gasteiger partial charge in [-0.15, -0.1) is 0 Å². The number of rotatable bonds is 5.